The second-order valence-electron chi connectivity index (χ2n) is 5.53. The molecule has 6 heteroatoms. The third-order valence-electron chi connectivity index (χ3n) is 3.71. The Balaban J connectivity index is 1.73. The molecule has 2 heterocycles. The first-order chi connectivity index (χ1) is 11.7. The van der Waals surface area contributed by atoms with Crippen LogP contribution in [-0.4, -0.2) is 32.0 Å². The predicted octanol–water partition coefficient (Wildman–Crippen LogP) is 2.24. The molecule has 1 amide bonds. The molecule has 0 saturated carbocycles. The summed E-state index contributed by atoms with van der Waals surface area (Å²) in [5, 5.41) is 10.3. The van der Waals surface area contributed by atoms with Crippen molar-refractivity contribution in [3.05, 3.63) is 78.8 Å². The second kappa shape index (κ2) is 7.61. The van der Waals surface area contributed by atoms with Crippen molar-refractivity contribution in [1.29, 1.82) is 0 Å². The van der Waals surface area contributed by atoms with Gasteiger partial charge in [0.05, 0.1) is 19.1 Å². The molecule has 24 heavy (non-hydrogen) atoms. The number of imidazole rings is 1. The minimum Gasteiger partial charge on any atom is -0.467 e. The molecule has 2 aromatic heterocycles. The first-order valence-corrected chi connectivity index (χ1v) is 7.71. The van der Waals surface area contributed by atoms with E-state index in [-0.39, 0.29) is 19.0 Å². The van der Waals surface area contributed by atoms with Crippen molar-refractivity contribution in [3.8, 4) is 0 Å². The summed E-state index contributed by atoms with van der Waals surface area (Å²) in [5.41, 5.74) is 1.00. The van der Waals surface area contributed by atoms with Gasteiger partial charge in [-0.1, -0.05) is 30.3 Å². The number of hydrogen-bond acceptors (Lipinski definition) is 4. The highest BCUT2D eigenvalue weighted by Crippen LogP contribution is 2.17. The zero-order valence-electron chi connectivity index (χ0n) is 13.2. The van der Waals surface area contributed by atoms with E-state index in [1.54, 1.807) is 40.3 Å². The van der Waals surface area contributed by atoms with Crippen molar-refractivity contribution in [2.75, 3.05) is 6.54 Å². The first-order valence-electron chi connectivity index (χ1n) is 7.71. The molecule has 0 aliphatic heterocycles. The fourth-order valence-electron chi connectivity index (χ4n) is 2.47. The minimum absolute atomic E-state index is 0.0949. The van der Waals surface area contributed by atoms with Gasteiger partial charge < -0.3 is 19.0 Å². The molecule has 0 saturated heterocycles. The van der Waals surface area contributed by atoms with Crippen molar-refractivity contribution in [1.82, 2.24) is 14.5 Å². The Labute approximate surface area is 140 Å². The molecule has 6 nitrogen and oxygen atoms in total. The molecule has 0 spiro atoms. The van der Waals surface area contributed by atoms with Crippen molar-refractivity contribution >= 4 is 5.91 Å². The number of aromatic nitrogens is 2. The van der Waals surface area contributed by atoms with Gasteiger partial charge in [0.15, 0.2) is 0 Å². The number of amides is 1. The monoisotopic (exact) mass is 325 g/mol. The van der Waals surface area contributed by atoms with Crippen LogP contribution in [0.1, 0.15) is 17.4 Å². The van der Waals surface area contributed by atoms with E-state index in [1.165, 1.54) is 6.26 Å². The van der Waals surface area contributed by atoms with Gasteiger partial charge in [-0.3, -0.25) is 4.79 Å². The minimum atomic E-state index is -0.865. The molecular formula is C18H19N3O3. The van der Waals surface area contributed by atoms with Crippen LogP contribution >= 0.6 is 0 Å². The molecule has 0 aliphatic carbocycles. The van der Waals surface area contributed by atoms with Crippen molar-refractivity contribution < 1.29 is 14.3 Å². The van der Waals surface area contributed by atoms with Crippen molar-refractivity contribution in [3.63, 3.8) is 0 Å². The fourth-order valence-corrected chi connectivity index (χ4v) is 2.47. The summed E-state index contributed by atoms with van der Waals surface area (Å²) in [5.74, 6) is 0.353. The number of benzene rings is 1. The lowest BCUT2D eigenvalue weighted by Gasteiger charge is -2.25. The lowest BCUT2D eigenvalue weighted by atomic mass is 10.2. The van der Waals surface area contributed by atoms with E-state index in [0.29, 0.717) is 12.3 Å². The maximum absolute atomic E-state index is 12.7. The van der Waals surface area contributed by atoms with Gasteiger partial charge in [0.2, 0.25) is 5.91 Å². The molecule has 124 valence electrons. The summed E-state index contributed by atoms with van der Waals surface area (Å²) in [6.45, 7) is 0.764. The molecule has 0 fully saturated rings. The normalized spacial score (nSPS) is 12.0. The van der Waals surface area contributed by atoms with E-state index in [9.17, 15) is 9.90 Å². The maximum Gasteiger partial charge on any atom is 0.242 e. The highest BCUT2D eigenvalue weighted by molar-refractivity contribution is 5.76. The lowest BCUT2D eigenvalue weighted by Crippen LogP contribution is -2.36. The smallest absolute Gasteiger partial charge is 0.242 e. The van der Waals surface area contributed by atoms with Crippen LogP contribution in [0.5, 0.6) is 0 Å². The Morgan fingerprint density at radius 1 is 1.25 bits per heavy atom. The van der Waals surface area contributed by atoms with Crippen LogP contribution < -0.4 is 0 Å². The summed E-state index contributed by atoms with van der Waals surface area (Å²) in [6, 6.07) is 13.1. The Morgan fingerprint density at radius 2 is 2.08 bits per heavy atom. The van der Waals surface area contributed by atoms with Crippen LogP contribution in [0.15, 0.2) is 71.9 Å². The van der Waals surface area contributed by atoms with E-state index in [4.69, 9.17) is 4.42 Å². The summed E-state index contributed by atoms with van der Waals surface area (Å²) in [4.78, 5) is 18.2. The van der Waals surface area contributed by atoms with Crippen LogP contribution in [0.3, 0.4) is 0 Å². The van der Waals surface area contributed by atoms with E-state index in [1.807, 2.05) is 30.3 Å². The van der Waals surface area contributed by atoms with E-state index < -0.39 is 6.10 Å². The lowest BCUT2D eigenvalue weighted by molar-refractivity contribution is -0.134. The number of aliphatic hydroxyl groups is 1. The van der Waals surface area contributed by atoms with Crippen molar-refractivity contribution in [2.45, 2.75) is 19.2 Å². The zero-order valence-corrected chi connectivity index (χ0v) is 13.2. The predicted molar refractivity (Wildman–Crippen MR) is 87.8 cm³/mol. The molecular weight excluding hydrogens is 306 g/mol. The molecule has 1 unspecified atom stereocenters. The third-order valence-corrected chi connectivity index (χ3v) is 3.71. The molecule has 0 bridgehead atoms. The largest absolute Gasteiger partial charge is 0.467 e. The Hall–Kier alpha value is -2.86. The number of hydrogen-bond donors (Lipinski definition) is 1. The van der Waals surface area contributed by atoms with Crippen LogP contribution in [0.2, 0.25) is 0 Å². The topological polar surface area (TPSA) is 71.5 Å². The Kier molecular flexibility index (Phi) is 5.08. The highest BCUT2D eigenvalue weighted by Gasteiger charge is 2.20. The first kappa shape index (κ1) is 16.0. The van der Waals surface area contributed by atoms with Gasteiger partial charge in [0, 0.05) is 18.9 Å². The van der Waals surface area contributed by atoms with Crippen LogP contribution in [0.25, 0.3) is 0 Å². The average Bonchev–Trinajstić information content (AvgIpc) is 3.29. The molecule has 3 rings (SSSR count). The summed E-state index contributed by atoms with van der Waals surface area (Å²) < 4.78 is 6.94. The van der Waals surface area contributed by atoms with Gasteiger partial charge in [0.1, 0.15) is 18.4 Å². The molecule has 1 atom stereocenters. The number of furan rings is 1. The zero-order chi connectivity index (χ0) is 16.8. The van der Waals surface area contributed by atoms with E-state index in [0.717, 1.165) is 5.56 Å². The Morgan fingerprint density at radius 3 is 2.75 bits per heavy atom. The van der Waals surface area contributed by atoms with Gasteiger partial charge in [-0.25, -0.2) is 4.98 Å². The molecule has 1 N–H and O–H groups in total. The van der Waals surface area contributed by atoms with Crippen LogP contribution in [-0.2, 0) is 17.9 Å². The maximum atomic E-state index is 12.7. The third kappa shape index (κ3) is 4.11. The highest BCUT2D eigenvalue weighted by atomic mass is 16.4. The number of rotatable bonds is 7. The summed E-state index contributed by atoms with van der Waals surface area (Å²) >= 11 is 0. The van der Waals surface area contributed by atoms with Gasteiger partial charge in [-0.05, 0) is 17.7 Å². The number of nitrogens with zero attached hydrogens (tertiary/aromatic N) is 3. The van der Waals surface area contributed by atoms with Gasteiger partial charge >= 0.3 is 0 Å². The number of carbonyl (C=O) groups is 1. The summed E-state index contributed by atoms with van der Waals surface area (Å²) in [6.07, 6.45) is 5.61. The van der Waals surface area contributed by atoms with Gasteiger partial charge in [0.25, 0.3) is 0 Å². The summed E-state index contributed by atoms with van der Waals surface area (Å²) in [7, 11) is 0. The van der Waals surface area contributed by atoms with Gasteiger partial charge in [-0.15, -0.1) is 0 Å². The van der Waals surface area contributed by atoms with Gasteiger partial charge in [-0.2, -0.15) is 0 Å². The van der Waals surface area contributed by atoms with Crippen molar-refractivity contribution in [2.24, 2.45) is 0 Å². The SMILES string of the molecule is O=C(Cn1ccnc1)N(Cc1ccccc1)CC(O)c1ccco1. The fraction of sp³-hybridized carbons (Fsp3) is 0.222. The molecule has 3 aromatic rings. The molecule has 1 aromatic carbocycles. The standard InChI is InChI=1S/C18H19N3O3/c22-16(17-7-4-10-24-17)12-21(11-15-5-2-1-3-6-15)18(23)13-20-9-8-19-14-20/h1-10,14,16,22H,11-13H2. The Bertz CT molecular complexity index is 739. The molecule has 0 radical (unpaired) electrons. The van der Waals surface area contributed by atoms with Crippen LogP contribution in [0, 0.1) is 0 Å². The average molecular weight is 325 g/mol. The number of carbonyl (C=O) groups excluding carboxylic acids is 1. The quantitative estimate of drug-likeness (QED) is 0.723. The van der Waals surface area contributed by atoms with E-state index >= 15 is 0 Å². The second-order valence-corrected chi connectivity index (χ2v) is 5.53. The number of aliphatic hydroxyl groups excluding tert-OH is 1. The van der Waals surface area contributed by atoms with E-state index in [2.05, 4.69) is 4.98 Å². The molecule has 0 aliphatic rings. The van der Waals surface area contributed by atoms with Crippen LogP contribution in [0.4, 0.5) is 0 Å².